The Morgan fingerprint density at radius 1 is 1.06 bits per heavy atom. The van der Waals surface area contributed by atoms with E-state index in [1.807, 2.05) is 13.8 Å². The van der Waals surface area contributed by atoms with Crippen molar-refractivity contribution in [3.8, 4) is 0 Å². The molecule has 0 aliphatic carbocycles. The van der Waals surface area contributed by atoms with Crippen molar-refractivity contribution in [3.63, 3.8) is 0 Å². The van der Waals surface area contributed by atoms with Gasteiger partial charge in [-0.05, 0) is 32.6 Å². The Labute approximate surface area is 97.3 Å². The normalized spacial score (nSPS) is 14.0. The van der Waals surface area contributed by atoms with Gasteiger partial charge in [-0.1, -0.05) is 6.92 Å². The SMILES string of the molecule is CCC(CCCC(C)OC(C)=O)OC(C)=O. The van der Waals surface area contributed by atoms with Gasteiger partial charge in [-0.2, -0.15) is 0 Å². The van der Waals surface area contributed by atoms with E-state index >= 15 is 0 Å². The Morgan fingerprint density at radius 2 is 1.62 bits per heavy atom. The first kappa shape index (κ1) is 14.9. The first-order valence-electron chi connectivity index (χ1n) is 5.80. The average molecular weight is 230 g/mol. The van der Waals surface area contributed by atoms with E-state index in [-0.39, 0.29) is 24.1 Å². The van der Waals surface area contributed by atoms with E-state index in [9.17, 15) is 9.59 Å². The molecule has 2 atom stereocenters. The highest BCUT2D eigenvalue weighted by atomic mass is 16.5. The van der Waals surface area contributed by atoms with Crippen molar-refractivity contribution in [1.29, 1.82) is 0 Å². The van der Waals surface area contributed by atoms with Gasteiger partial charge in [-0.15, -0.1) is 0 Å². The van der Waals surface area contributed by atoms with Crippen LogP contribution < -0.4 is 0 Å². The van der Waals surface area contributed by atoms with Gasteiger partial charge < -0.3 is 9.47 Å². The summed E-state index contributed by atoms with van der Waals surface area (Å²) in [4.78, 5) is 21.4. The molecule has 94 valence electrons. The molecule has 0 saturated carbocycles. The van der Waals surface area contributed by atoms with E-state index in [1.54, 1.807) is 0 Å². The molecule has 0 radical (unpaired) electrons. The minimum Gasteiger partial charge on any atom is -0.463 e. The van der Waals surface area contributed by atoms with Gasteiger partial charge in [0.15, 0.2) is 0 Å². The number of rotatable bonds is 7. The van der Waals surface area contributed by atoms with Crippen LogP contribution in [0.4, 0.5) is 0 Å². The third-order valence-corrected chi connectivity index (χ3v) is 2.29. The lowest BCUT2D eigenvalue weighted by atomic mass is 10.1. The number of carbonyl (C=O) groups is 2. The van der Waals surface area contributed by atoms with Gasteiger partial charge in [-0.3, -0.25) is 9.59 Å². The van der Waals surface area contributed by atoms with E-state index in [2.05, 4.69) is 0 Å². The van der Waals surface area contributed by atoms with Gasteiger partial charge in [0.2, 0.25) is 0 Å². The molecule has 0 aromatic rings. The molecule has 0 bridgehead atoms. The fourth-order valence-corrected chi connectivity index (χ4v) is 1.56. The highest BCUT2D eigenvalue weighted by Gasteiger charge is 2.11. The Balaban J connectivity index is 3.69. The molecule has 0 aliphatic rings. The van der Waals surface area contributed by atoms with Crippen LogP contribution >= 0.6 is 0 Å². The quantitative estimate of drug-likeness (QED) is 0.630. The van der Waals surface area contributed by atoms with Gasteiger partial charge in [0.05, 0.1) is 6.10 Å². The zero-order valence-electron chi connectivity index (χ0n) is 10.6. The molecule has 0 spiro atoms. The molecule has 4 nitrogen and oxygen atoms in total. The number of hydrogen-bond donors (Lipinski definition) is 0. The monoisotopic (exact) mass is 230 g/mol. The Bertz CT molecular complexity index is 225. The molecule has 0 saturated heterocycles. The Morgan fingerprint density at radius 3 is 2.06 bits per heavy atom. The standard InChI is InChI=1S/C12H22O4/c1-5-12(16-11(4)14)8-6-7-9(2)15-10(3)13/h9,12H,5-8H2,1-4H3. The van der Waals surface area contributed by atoms with Crippen LogP contribution in [-0.2, 0) is 19.1 Å². The molecular formula is C12H22O4. The molecule has 16 heavy (non-hydrogen) atoms. The third kappa shape index (κ3) is 8.26. The lowest BCUT2D eigenvalue weighted by Gasteiger charge is -2.16. The van der Waals surface area contributed by atoms with Crippen molar-refractivity contribution < 1.29 is 19.1 Å². The van der Waals surface area contributed by atoms with Crippen LogP contribution in [0.25, 0.3) is 0 Å². The van der Waals surface area contributed by atoms with E-state index in [0.717, 1.165) is 25.7 Å². The van der Waals surface area contributed by atoms with Crippen LogP contribution in [0.15, 0.2) is 0 Å². The second-order valence-electron chi connectivity index (χ2n) is 3.99. The van der Waals surface area contributed by atoms with Crippen LogP contribution in [0, 0.1) is 0 Å². The second-order valence-corrected chi connectivity index (χ2v) is 3.99. The molecule has 0 aliphatic heterocycles. The van der Waals surface area contributed by atoms with Gasteiger partial charge in [-0.25, -0.2) is 0 Å². The zero-order valence-corrected chi connectivity index (χ0v) is 10.6. The molecule has 0 aromatic carbocycles. The van der Waals surface area contributed by atoms with Crippen molar-refractivity contribution in [1.82, 2.24) is 0 Å². The topological polar surface area (TPSA) is 52.6 Å². The van der Waals surface area contributed by atoms with Crippen LogP contribution in [0.3, 0.4) is 0 Å². The summed E-state index contributed by atoms with van der Waals surface area (Å²) in [6.07, 6.45) is 3.26. The summed E-state index contributed by atoms with van der Waals surface area (Å²) < 4.78 is 10.1. The molecular weight excluding hydrogens is 208 g/mol. The molecule has 2 unspecified atom stereocenters. The van der Waals surface area contributed by atoms with E-state index < -0.39 is 0 Å². The van der Waals surface area contributed by atoms with Crippen LogP contribution in [0.5, 0.6) is 0 Å². The van der Waals surface area contributed by atoms with Crippen LogP contribution in [0.1, 0.15) is 53.4 Å². The summed E-state index contributed by atoms with van der Waals surface area (Å²) in [6, 6.07) is 0. The van der Waals surface area contributed by atoms with Crippen molar-refractivity contribution in [2.45, 2.75) is 65.6 Å². The molecule has 0 amide bonds. The number of carbonyl (C=O) groups excluding carboxylic acids is 2. The minimum absolute atomic E-state index is 0.0120. The summed E-state index contributed by atoms with van der Waals surface area (Å²) >= 11 is 0. The second kappa shape index (κ2) is 8.13. The van der Waals surface area contributed by atoms with Crippen LogP contribution in [0.2, 0.25) is 0 Å². The zero-order chi connectivity index (χ0) is 12.6. The first-order chi connectivity index (χ1) is 7.45. The predicted octanol–water partition coefficient (Wildman–Crippen LogP) is 2.45. The van der Waals surface area contributed by atoms with Crippen LogP contribution in [-0.4, -0.2) is 24.1 Å². The third-order valence-electron chi connectivity index (χ3n) is 2.29. The number of hydrogen-bond acceptors (Lipinski definition) is 4. The van der Waals surface area contributed by atoms with Gasteiger partial charge in [0.1, 0.15) is 6.10 Å². The maximum atomic E-state index is 10.8. The maximum absolute atomic E-state index is 10.8. The average Bonchev–Trinajstić information content (AvgIpc) is 2.14. The molecule has 0 aromatic heterocycles. The molecule has 0 rings (SSSR count). The minimum atomic E-state index is -0.250. The Kier molecular flexibility index (Phi) is 7.60. The first-order valence-corrected chi connectivity index (χ1v) is 5.80. The van der Waals surface area contributed by atoms with Crippen molar-refractivity contribution in [2.24, 2.45) is 0 Å². The van der Waals surface area contributed by atoms with Gasteiger partial charge in [0, 0.05) is 13.8 Å². The van der Waals surface area contributed by atoms with E-state index in [4.69, 9.17) is 9.47 Å². The highest BCUT2D eigenvalue weighted by Crippen LogP contribution is 2.11. The van der Waals surface area contributed by atoms with Crippen molar-refractivity contribution >= 4 is 11.9 Å². The predicted molar refractivity (Wildman–Crippen MR) is 60.9 cm³/mol. The summed E-state index contributed by atoms with van der Waals surface area (Å²) in [5, 5.41) is 0. The summed E-state index contributed by atoms with van der Waals surface area (Å²) in [7, 11) is 0. The largest absolute Gasteiger partial charge is 0.463 e. The van der Waals surface area contributed by atoms with Gasteiger partial charge >= 0.3 is 11.9 Å². The smallest absolute Gasteiger partial charge is 0.302 e. The highest BCUT2D eigenvalue weighted by molar-refractivity contribution is 5.66. The molecule has 4 heteroatoms. The number of ether oxygens (including phenoxy) is 2. The molecule has 0 N–H and O–H groups in total. The fraction of sp³-hybridized carbons (Fsp3) is 0.833. The van der Waals surface area contributed by atoms with Crippen molar-refractivity contribution in [3.05, 3.63) is 0 Å². The summed E-state index contributed by atoms with van der Waals surface area (Å²) in [6.45, 7) is 6.69. The summed E-state index contributed by atoms with van der Waals surface area (Å²) in [5.74, 6) is -0.487. The van der Waals surface area contributed by atoms with Gasteiger partial charge in [0.25, 0.3) is 0 Å². The lowest BCUT2D eigenvalue weighted by molar-refractivity contribution is -0.146. The lowest BCUT2D eigenvalue weighted by Crippen LogP contribution is -2.17. The van der Waals surface area contributed by atoms with E-state index in [1.165, 1.54) is 13.8 Å². The molecule has 0 heterocycles. The Hall–Kier alpha value is -1.06. The van der Waals surface area contributed by atoms with Crippen molar-refractivity contribution in [2.75, 3.05) is 0 Å². The fourth-order valence-electron chi connectivity index (χ4n) is 1.56. The molecule has 0 fully saturated rings. The summed E-state index contributed by atoms with van der Waals surface area (Å²) in [5.41, 5.74) is 0. The number of esters is 2. The maximum Gasteiger partial charge on any atom is 0.302 e. The van der Waals surface area contributed by atoms with E-state index in [0.29, 0.717) is 0 Å².